The zero-order chi connectivity index (χ0) is 14.8. The summed E-state index contributed by atoms with van der Waals surface area (Å²) in [5.41, 5.74) is 1.77. The Labute approximate surface area is 120 Å². The molecule has 6 heteroatoms. The van der Waals surface area contributed by atoms with Gasteiger partial charge in [0.25, 0.3) is 0 Å². The number of nitrogens with zero attached hydrogens (tertiary/aromatic N) is 3. The van der Waals surface area contributed by atoms with Crippen LogP contribution in [0.2, 0.25) is 0 Å². The Morgan fingerprint density at radius 2 is 2.00 bits per heavy atom. The molecule has 0 N–H and O–H groups in total. The lowest BCUT2D eigenvalue weighted by Gasteiger charge is -2.08. The summed E-state index contributed by atoms with van der Waals surface area (Å²) in [4.78, 5) is 15.7. The van der Waals surface area contributed by atoms with E-state index in [4.69, 9.17) is 9.47 Å². The van der Waals surface area contributed by atoms with Crippen LogP contribution in [0.25, 0.3) is 16.9 Å². The maximum absolute atomic E-state index is 11.2. The Hall–Kier alpha value is -2.89. The van der Waals surface area contributed by atoms with Crippen molar-refractivity contribution in [3.63, 3.8) is 0 Å². The van der Waals surface area contributed by atoms with Crippen LogP contribution in [0.5, 0.6) is 11.5 Å². The Bertz CT molecular complexity index is 811. The monoisotopic (exact) mass is 283 g/mol. The van der Waals surface area contributed by atoms with Crippen molar-refractivity contribution < 1.29 is 9.47 Å². The van der Waals surface area contributed by atoms with E-state index >= 15 is 0 Å². The van der Waals surface area contributed by atoms with Crippen LogP contribution >= 0.6 is 0 Å². The molecule has 0 saturated carbocycles. The predicted octanol–water partition coefficient (Wildman–Crippen LogP) is 3.42. The van der Waals surface area contributed by atoms with E-state index in [-0.39, 0.29) is 5.82 Å². The number of hydrogen-bond donors (Lipinski definition) is 0. The van der Waals surface area contributed by atoms with Gasteiger partial charge >= 0.3 is 0 Å². The second-order valence-corrected chi connectivity index (χ2v) is 4.37. The fourth-order valence-electron chi connectivity index (χ4n) is 2.25. The topological polar surface area (TPSA) is 65.2 Å². The maximum atomic E-state index is 11.2. The summed E-state index contributed by atoms with van der Waals surface area (Å²) < 4.78 is 12.2. The molecule has 0 unspecified atom stereocenters. The second-order valence-electron chi connectivity index (χ2n) is 4.37. The molecule has 0 spiro atoms. The molecule has 2 heterocycles. The molecule has 0 radical (unpaired) electrons. The minimum atomic E-state index is 0.233. The first kappa shape index (κ1) is 13.1. The Kier molecular flexibility index (Phi) is 3.27. The first-order valence-electron chi connectivity index (χ1n) is 6.31. The first-order valence-corrected chi connectivity index (χ1v) is 6.31. The van der Waals surface area contributed by atoms with E-state index in [1.807, 2.05) is 18.2 Å². The normalized spacial score (nSPS) is 10.6. The molecule has 0 amide bonds. The summed E-state index contributed by atoms with van der Waals surface area (Å²) in [6, 6.07) is 10.8. The summed E-state index contributed by atoms with van der Waals surface area (Å²) in [7, 11) is 3.14. The molecule has 106 valence electrons. The van der Waals surface area contributed by atoms with Crippen LogP contribution < -0.4 is 9.47 Å². The summed E-state index contributed by atoms with van der Waals surface area (Å²) in [6.45, 7) is 0. The SMILES string of the molecule is COc1ccc(OC)c(-c2nc3ccccn3c2N=O)c1. The maximum Gasteiger partial charge on any atom is 0.209 e. The summed E-state index contributed by atoms with van der Waals surface area (Å²) in [6.07, 6.45) is 1.75. The highest BCUT2D eigenvalue weighted by atomic mass is 16.5. The molecule has 3 aromatic rings. The van der Waals surface area contributed by atoms with Crippen LogP contribution in [-0.4, -0.2) is 23.6 Å². The van der Waals surface area contributed by atoms with Gasteiger partial charge in [-0.25, -0.2) is 4.98 Å². The molecule has 0 atom stereocenters. The minimum Gasteiger partial charge on any atom is -0.497 e. The summed E-state index contributed by atoms with van der Waals surface area (Å²) >= 11 is 0. The number of fused-ring (bicyclic) bond motifs is 1. The van der Waals surface area contributed by atoms with Gasteiger partial charge in [-0.3, -0.25) is 4.40 Å². The quantitative estimate of drug-likeness (QED) is 0.688. The molecular weight excluding hydrogens is 270 g/mol. The van der Waals surface area contributed by atoms with Gasteiger partial charge in [-0.05, 0) is 35.5 Å². The summed E-state index contributed by atoms with van der Waals surface area (Å²) in [5.74, 6) is 1.49. The molecule has 2 aromatic heterocycles. The predicted molar refractivity (Wildman–Crippen MR) is 79.2 cm³/mol. The third kappa shape index (κ3) is 2.10. The van der Waals surface area contributed by atoms with Gasteiger partial charge in [-0.2, -0.15) is 0 Å². The zero-order valence-corrected chi connectivity index (χ0v) is 11.6. The number of rotatable bonds is 4. The van der Waals surface area contributed by atoms with Crippen molar-refractivity contribution in [3.05, 3.63) is 47.5 Å². The Morgan fingerprint density at radius 1 is 1.14 bits per heavy atom. The number of imidazole rings is 1. The number of hydrogen-bond acceptors (Lipinski definition) is 5. The molecule has 21 heavy (non-hydrogen) atoms. The van der Waals surface area contributed by atoms with Crippen molar-refractivity contribution in [1.82, 2.24) is 9.38 Å². The lowest BCUT2D eigenvalue weighted by atomic mass is 10.1. The van der Waals surface area contributed by atoms with E-state index in [2.05, 4.69) is 10.2 Å². The van der Waals surface area contributed by atoms with Crippen molar-refractivity contribution in [1.29, 1.82) is 0 Å². The van der Waals surface area contributed by atoms with Crippen LogP contribution in [-0.2, 0) is 0 Å². The molecule has 0 bridgehead atoms. The van der Waals surface area contributed by atoms with Gasteiger partial charge in [0.1, 0.15) is 22.8 Å². The Balaban J connectivity index is 2.31. The largest absolute Gasteiger partial charge is 0.497 e. The van der Waals surface area contributed by atoms with Gasteiger partial charge < -0.3 is 9.47 Å². The third-order valence-electron chi connectivity index (χ3n) is 3.25. The fraction of sp³-hybridized carbons (Fsp3) is 0.133. The highest BCUT2D eigenvalue weighted by Gasteiger charge is 2.18. The fourth-order valence-corrected chi connectivity index (χ4v) is 2.25. The molecule has 0 aliphatic rings. The van der Waals surface area contributed by atoms with E-state index in [1.54, 1.807) is 43.0 Å². The van der Waals surface area contributed by atoms with Crippen molar-refractivity contribution >= 4 is 11.5 Å². The van der Waals surface area contributed by atoms with Crippen LogP contribution in [0.4, 0.5) is 5.82 Å². The molecule has 0 aliphatic heterocycles. The second kappa shape index (κ2) is 5.24. The number of ether oxygens (including phenoxy) is 2. The van der Waals surface area contributed by atoms with Gasteiger partial charge in [0.15, 0.2) is 0 Å². The van der Waals surface area contributed by atoms with Gasteiger partial charge in [-0.15, -0.1) is 4.91 Å². The number of benzene rings is 1. The molecule has 0 aliphatic carbocycles. The van der Waals surface area contributed by atoms with E-state index in [0.29, 0.717) is 28.4 Å². The van der Waals surface area contributed by atoms with Gasteiger partial charge in [-0.1, -0.05) is 6.07 Å². The lowest BCUT2D eigenvalue weighted by Crippen LogP contribution is -1.90. The lowest BCUT2D eigenvalue weighted by molar-refractivity contribution is 0.404. The van der Waals surface area contributed by atoms with Crippen molar-refractivity contribution in [3.8, 4) is 22.8 Å². The van der Waals surface area contributed by atoms with Crippen LogP contribution in [0.3, 0.4) is 0 Å². The average Bonchev–Trinajstić information content (AvgIpc) is 2.92. The highest BCUT2D eigenvalue weighted by molar-refractivity contribution is 5.79. The molecule has 1 aromatic carbocycles. The van der Waals surface area contributed by atoms with E-state index in [9.17, 15) is 4.91 Å². The smallest absolute Gasteiger partial charge is 0.209 e. The standard InChI is InChI=1S/C15H13N3O3/c1-20-10-6-7-12(21-2)11(9-10)14-15(17-19)18-8-4-3-5-13(18)16-14/h3-9H,1-2H3. The van der Waals surface area contributed by atoms with Crippen LogP contribution in [0.1, 0.15) is 0 Å². The van der Waals surface area contributed by atoms with Crippen molar-refractivity contribution in [2.45, 2.75) is 0 Å². The zero-order valence-electron chi connectivity index (χ0n) is 11.6. The molecular formula is C15H13N3O3. The van der Waals surface area contributed by atoms with E-state index in [0.717, 1.165) is 0 Å². The van der Waals surface area contributed by atoms with E-state index in [1.165, 1.54) is 0 Å². The minimum absolute atomic E-state index is 0.233. The van der Waals surface area contributed by atoms with Crippen molar-refractivity contribution in [2.75, 3.05) is 14.2 Å². The molecule has 6 nitrogen and oxygen atoms in total. The number of aromatic nitrogens is 2. The molecule has 0 fully saturated rings. The summed E-state index contributed by atoms with van der Waals surface area (Å²) in [5, 5.41) is 3.12. The average molecular weight is 283 g/mol. The number of methoxy groups -OCH3 is 2. The number of pyridine rings is 1. The van der Waals surface area contributed by atoms with Gasteiger partial charge in [0.05, 0.1) is 14.2 Å². The number of nitroso groups, excluding NO2 is 1. The first-order chi connectivity index (χ1) is 10.3. The highest BCUT2D eigenvalue weighted by Crippen LogP contribution is 2.38. The Morgan fingerprint density at radius 3 is 2.71 bits per heavy atom. The van der Waals surface area contributed by atoms with Gasteiger partial charge in [0.2, 0.25) is 5.82 Å². The molecule has 3 rings (SSSR count). The van der Waals surface area contributed by atoms with Crippen LogP contribution in [0, 0.1) is 4.91 Å². The van der Waals surface area contributed by atoms with Crippen molar-refractivity contribution in [2.24, 2.45) is 5.18 Å². The van der Waals surface area contributed by atoms with E-state index < -0.39 is 0 Å². The van der Waals surface area contributed by atoms with Crippen LogP contribution in [0.15, 0.2) is 47.8 Å². The third-order valence-corrected chi connectivity index (χ3v) is 3.25. The molecule has 0 saturated heterocycles. The van der Waals surface area contributed by atoms with Gasteiger partial charge in [0, 0.05) is 11.8 Å².